The maximum Gasteiger partial charge on any atom is 0.220 e. The van der Waals surface area contributed by atoms with Gasteiger partial charge >= 0.3 is 0 Å². The highest BCUT2D eigenvalue weighted by Gasteiger charge is 2.22. The van der Waals surface area contributed by atoms with E-state index in [-0.39, 0.29) is 5.91 Å². The maximum absolute atomic E-state index is 12.0. The molecule has 0 unspecified atom stereocenters. The quantitative estimate of drug-likeness (QED) is 0.830. The van der Waals surface area contributed by atoms with Crippen molar-refractivity contribution < 1.29 is 4.79 Å². The number of nitrogens with zero attached hydrogens (tertiary/aromatic N) is 1. The fraction of sp³-hybridized carbons (Fsp3) is 0.938. The van der Waals surface area contributed by atoms with Crippen LogP contribution in [0.25, 0.3) is 0 Å². The Morgan fingerprint density at radius 1 is 1.16 bits per heavy atom. The summed E-state index contributed by atoms with van der Waals surface area (Å²) < 4.78 is 0. The zero-order chi connectivity index (χ0) is 13.7. The normalized spacial score (nSPS) is 23.1. The number of nitrogens with one attached hydrogen (secondary N) is 1. The molecule has 0 spiro atoms. The summed E-state index contributed by atoms with van der Waals surface area (Å²) in [7, 11) is 0. The summed E-state index contributed by atoms with van der Waals surface area (Å²) in [5.41, 5.74) is 0. The SMILES string of the molecule is CC(C)N1CCC(NC(=O)CCC2CCCC2)CC1. The smallest absolute Gasteiger partial charge is 0.220 e. The lowest BCUT2D eigenvalue weighted by molar-refractivity contribution is -0.122. The van der Waals surface area contributed by atoms with E-state index in [2.05, 4.69) is 24.1 Å². The highest BCUT2D eigenvalue weighted by Crippen LogP contribution is 2.28. The number of likely N-dealkylation sites (tertiary alicyclic amines) is 1. The molecule has 1 aliphatic carbocycles. The second kappa shape index (κ2) is 7.28. The van der Waals surface area contributed by atoms with Gasteiger partial charge in [-0.1, -0.05) is 25.7 Å². The van der Waals surface area contributed by atoms with Crippen molar-refractivity contribution in [2.75, 3.05) is 13.1 Å². The van der Waals surface area contributed by atoms with Gasteiger partial charge in [0.1, 0.15) is 0 Å². The van der Waals surface area contributed by atoms with Crippen molar-refractivity contribution in [2.24, 2.45) is 5.92 Å². The number of piperidine rings is 1. The molecule has 1 saturated carbocycles. The Morgan fingerprint density at radius 2 is 1.79 bits per heavy atom. The van der Waals surface area contributed by atoms with E-state index >= 15 is 0 Å². The van der Waals surface area contributed by atoms with Gasteiger partial charge in [-0.2, -0.15) is 0 Å². The highest BCUT2D eigenvalue weighted by atomic mass is 16.1. The fourth-order valence-electron chi connectivity index (χ4n) is 3.49. The van der Waals surface area contributed by atoms with Crippen molar-refractivity contribution in [3.63, 3.8) is 0 Å². The summed E-state index contributed by atoms with van der Waals surface area (Å²) >= 11 is 0. The molecular weight excluding hydrogens is 236 g/mol. The molecule has 2 aliphatic rings. The van der Waals surface area contributed by atoms with E-state index in [1.54, 1.807) is 0 Å². The van der Waals surface area contributed by atoms with Crippen LogP contribution in [0.15, 0.2) is 0 Å². The summed E-state index contributed by atoms with van der Waals surface area (Å²) in [6, 6.07) is 1.06. The molecule has 0 aromatic rings. The van der Waals surface area contributed by atoms with Crippen molar-refractivity contribution in [2.45, 2.75) is 77.3 Å². The molecule has 19 heavy (non-hydrogen) atoms. The topological polar surface area (TPSA) is 32.3 Å². The molecular formula is C16H30N2O. The van der Waals surface area contributed by atoms with E-state index in [1.165, 1.54) is 25.7 Å². The Kier molecular flexibility index (Phi) is 5.68. The molecule has 1 aliphatic heterocycles. The fourth-order valence-corrected chi connectivity index (χ4v) is 3.49. The highest BCUT2D eigenvalue weighted by molar-refractivity contribution is 5.76. The van der Waals surface area contributed by atoms with Gasteiger partial charge in [0.15, 0.2) is 0 Å². The first-order chi connectivity index (χ1) is 9.15. The predicted molar refractivity (Wildman–Crippen MR) is 79.1 cm³/mol. The molecule has 0 aromatic heterocycles. The van der Waals surface area contributed by atoms with E-state index in [4.69, 9.17) is 0 Å². The van der Waals surface area contributed by atoms with Crippen molar-refractivity contribution in [1.29, 1.82) is 0 Å². The second-order valence-electron chi connectivity index (χ2n) is 6.66. The third kappa shape index (κ3) is 4.79. The lowest BCUT2D eigenvalue weighted by atomic mass is 10.0. The summed E-state index contributed by atoms with van der Waals surface area (Å²) in [4.78, 5) is 14.5. The van der Waals surface area contributed by atoms with Crippen LogP contribution < -0.4 is 5.32 Å². The van der Waals surface area contributed by atoms with Crippen molar-refractivity contribution >= 4 is 5.91 Å². The summed E-state index contributed by atoms with van der Waals surface area (Å²) in [6.07, 6.45) is 9.53. The molecule has 2 rings (SSSR count). The van der Waals surface area contributed by atoms with E-state index < -0.39 is 0 Å². The minimum Gasteiger partial charge on any atom is -0.353 e. The van der Waals surface area contributed by atoms with Crippen LogP contribution in [0, 0.1) is 5.92 Å². The molecule has 0 radical (unpaired) electrons. The van der Waals surface area contributed by atoms with Crippen molar-refractivity contribution in [1.82, 2.24) is 10.2 Å². The number of carbonyl (C=O) groups excluding carboxylic acids is 1. The number of carbonyl (C=O) groups is 1. The molecule has 0 bridgehead atoms. The summed E-state index contributed by atoms with van der Waals surface area (Å²) in [5, 5.41) is 3.24. The van der Waals surface area contributed by atoms with Crippen LogP contribution in [0.5, 0.6) is 0 Å². The van der Waals surface area contributed by atoms with Gasteiger partial charge in [0.05, 0.1) is 0 Å². The zero-order valence-electron chi connectivity index (χ0n) is 12.7. The van der Waals surface area contributed by atoms with E-state index in [0.717, 1.165) is 44.7 Å². The number of hydrogen-bond acceptors (Lipinski definition) is 2. The first kappa shape index (κ1) is 14.8. The van der Waals surface area contributed by atoms with Gasteiger partial charge < -0.3 is 10.2 Å². The van der Waals surface area contributed by atoms with E-state index in [1.807, 2.05) is 0 Å². The minimum absolute atomic E-state index is 0.287. The van der Waals surface area contributed by atoms with Gasteiger partial charge in [-0.25, -0.2) is 0 Å². The predicted octanol–water partition coefficient (Wildman–Crippen LogP) is 2.95. The Balaban J connectivity index is 1.60. The second-order valence-corrected chi connectivity index (χ2v) is 6.66. The standard InChI is InChI=1S/C16H30N2O/c1-13(2)18-11-9-15(10-12-18)17-16(19)8-7-14-5-3-4-6-14/h13-15H,3-12H2,1-2H3,(H,17,19). The van der Waals surface area contributed by atoms with Crippen molar-refractivity contribution in [3.8, 4) is 0 Å². The Morgan fingerprint density at radius 3 is 2.37 bits per heavy atom. The molecule has 2 fully saturated rings. The number of rotatable bonds is 5. The van der Waals surface area contributed by atoms with Crippen LogP contribution >= 0.6 is 0 Å². The molecule has 3 nitrogen and oxygen atoms in total. The van der Waals surface area contributed by atoms with Gasteiger partial charge in [0.25, 0.3) is 0 Å². The van der Waals surface area contributed by atoms with Gasteiger partial charge in [-0.15, -0.1) is 0 Å². The average Bonchev–Trinajstić information content (AvgIpc) is 2.90. The van der Waals surface area contributed by atoms with Crippen molar-refractivity contribution in [3.05, 3.63) is 0 Å². The molecule has 110 valence electrons. The van der Waals surface area contributed by atoms with Gasteiger partial charge in [0, 0.05) is 31.6 Å². The summed E-state index contributed by atoms with van der Waals surface area (Å²) in [5.74, 6) is 1.11. The van der Waals surface area contributed by atoms with Crippen LogP contribution in [0.1, 0.15) is 65.2 Å². The third-order valence-electron chi connectivity index (χ3n) is 4.88. The lowest BCUT2D eigenvalue weighted by Crippen LogP contribution is -2.46. The monoisotopic (exact) mass is 266 g/mol. The summed E-state index contributed by atoms with van der Waals surface area (Å²) in [6.45, 7) is 6.76. The van der Waals surface area contributed by atoms with Crippen LogP contribution in [-0.2, 0) is 4.79 Å². The molecule has 1 amide bonds. The lowest BCUT2D eigenvalue weighted by Gasteiger charge is -2.34. The maximum atomic E-state index is 12.0. The molecule has 3 heteroatoms. The number of hydrogen-bond donors (Lipinski definition) is 1. The first-order valence-corrected chi connectivity index (χ1v) is 8.18. The van der Waals surface area contributed by atoms with Crippen LogP contribution in [0.4, 0.5) is 0 Å². The zero-order valence-corrected chi connectivity index (χ0v) is 12.7. The molecule has 0 aromatic carbocycles. The number of amides is 1. The molecule has 1 heterocycles. The first-order valence-electron chi connectivity index (χ1n) is 8.18. The molecule has 1 N–H and O–H groups in total. The van der Waals surface area contributed by atoms with E-state index in [9.17, 15) is 4.79 Å². The Bertz CT molecular complexity index is 276. The van der Waals surface area contributed by atoms with Gasteiger partial charge in [0.2, 0.25) is 5.91 Å². The van der Waals surface area contributed by atoms with Gasteiger partial charge in [-0.05, 0) is 39.0 Å². The van der Waals surface area contributed by atoms with Crippen LogP contribution in [0.3, 0.4) is 0 Å². The van der Waals surface area contributed by atoms with E-state index in [0.29, 0.717) is 12.1 Å². The third-order valence-corrected chi connectivity index (χ3v) is 4.88. The minimum atomic E-state index is 0.287. The van der Waals surface area contributed by atoms with Gasteiger partial charge in [-0.3, -0.25) is 4.79 Å². The molecule has 1 saturated heterocycles. The molecule has 0 atom stereocenters. The Hall–Kier alpha value is -0.570. The average molecular weight is 266 g/mol. The van der Waals surface area contributed by atoms with Crippen LogP contribution in [-0.4, -0.2) is 36.0 Å². The van der Waals surface area contributed by atoms with Crippen LogP contribution in [0.2, 0.25) is 0 Å². The Labute approximate surface area is 118 Å². The largest absolute Gasteiger partial charge is 0.353 e.